The summed E-state index contributed by atoms with van der Waals surface area (Å²) in [7, 11) is 1.53. The SMILES string of the molecule is COc1ccc2nccc(/C=C/C(=O)NC[C@@H]3CN(c4ccc(C)c(F)c4)C(=O)O3)c2n1. The predicted molar refractivity (Wildman–Crippen MR) is 117 cm³/mol. The Balaban J connectivity index is 1.37. The number of aromatic nitrogens is 2. The zero-order chi connectivity index (χ0) is 22.7. The number of methoxy groups -OCH3 is 1. The van der Waals surface area contributed by atoms with Crippen molar-refractivity contribution in [3.63, 3.8) is 0 Å². The van der Waals surface area contributed by atoms with Crippen molar-refractivity contribution in [2.24, 2.45) is 0 Å². The first-order valence-electron chi connectivity index (χ1n) is 9.94. The second kappa shape index (κ2) is 9.01. The number of benzene rings is 1. The van der Waals surface area contributed by atoms with E-state index in [9.17, 15) is 14.0 Å². The normalized spacial score (nSPS) is 15.9. The Kier molecular flexibility index (Phi) is 5.98. The zero-order valence-corrected chi connectivity index (χ0v) is 17.5. The monoisotopic (exact) mass is 436 g/mol. The van der Waals surface area contributed by atoms with Crippen molar-refractivity contribution in [1.29, 1.82) is 0 Å². The van der Waals surface area contributed by atoms with Crippen LogP contribution >= 0.6 is 0 Å². The molecule has 2 aromatic heterocycles. The number of halogens is 1. The molecule has 1 aliphatic heterocycles. The second-order valence-electron chi connectivity index (χ2n) is 7.25. The number of hydrogen-bond donors (Lipinski definition) is 1. The number of cyclic esters (lactones) is 1. The summed E-state index contributed by atoms with van der Waals surface area (Å²) in [5, 5.41) is 2.71. The van der Waals surface area contributed by atoms with Crippen LogP contribution in [0.1, 0.15) is 11.1 Å². The summed E-state index contributed by atoms with van der Waals surface area (Å²) >= 11 is 0. The first-order chi connectivity index (χ1) is 15.4. The largest absolute Gasteiger partial charge is 0.481 e. The van der Waals surface area contributed by atoms with Crippen molar-refractivity contribution in [3.8, 4) is 5.88 Å². The molecule has 3 aromatic rings. The van der Waals surface area contributed by atoms with Crippen LogP contribution in [0.25, 0.3) is 17.1 Å². The van der Waals surface area contributed by atoms with Crippen LogP contribution in [-0.2, 0) is 9.53 Å². The van der Waals surface area contributed by atoms with Gasteiger partial charge in [0.15, 0.2) is 0 Å². The van der Waals surface area contributed by atoms with Gasteiger partial charge in [-0.2, -0.15) is 0 Å². The van der Waals surface area contributed by atoms with E-state index in [4.69, 9.17) is 9.47 Å². The van der Waals surface area contributed by atoms with Gasteiger partial charge in [0.05, 0.1) is 36.9 Å². The van der Waals surface area contributed by atoms with E-state index < -0.39 is 18.0 Å². The molecule has 9 heteroatoms. The van der Waals surface area contributed by atoms with E-state index in [1.165, 1.54) is 24.2 Å². The Hall–Kier alpha value is -4.01. The van der Waals surface area contributed by atoms with Gasteiger partial charge in [0.1, 0.15) is 11.9 Å². The minimum atomic E-state index is -0.577. The Bertz CT molecular complexity index is 1210. The lowest BCUT2D eigenvalue weighted by Crippen LogP contribution is -2.33. The molecule has 4 rings (SSSR count). The predicted octanol–water partition coefficient (Wildman–Crippen LogP) is 3.24. The topological polar surface area (TPSA) is 93.7 Å². The summed E-state index contributed by atoms with van der Waals surface area (Å²) < 4.78 is 24.3. The maximum atomic E-state index is 13.8. The van der Waals surface area contributed by atoms with E-state index in [-0.39, 0.29) is 19.0 Å². The fraction of sp³-hybridized carbons (Fsp3) is 0.217. The van der Waals surface area contributed by atoms with E-state index in [2.05, 4.69) is 15.3 Å². The number of ether oxygens (including phenoxy) is 2. The van der Waals surface area contributed by atoms with Crippen molar-refractivity contribution in [2.45, 2.75) is 13.0 Å². The van der Waals surface area contributed by atoms with Crippen molar-refractivity contribution < 1.29 is 23.5 Å². The summed E-state index contributed by atoms with van der Waals surface area (Å²) in [6.45, 7) is 1.99. The number of anilines is 1. The van der Waals surface area contributed by atoms with E-state index in [1.54, 1.807) is 49.5 Å². The van der Waals surface area contributed by atoms with Gasteiger partial charge in [-0.05, 0) is 42.8 Å². The van der Waals surface area contributed by atoms with E-state index in [0.29, 0.717) is 33.7 Å². The quantitative estimate of drug-likeness (QED) is 0.597. The molecular formula is C23H21FN4O4. The number of hydrogen-bond acceptors (Lipinski definition) is 6. The number of pyridine rings is 2. The number of aryl methyl sites for hydroxylation is 1. The number of amides is 2. The highest BCUT2D eigenvalue weighted by Gasteiger charge is 2.32. The number of nitrogens with zero attached hydrogens (tertiary/aromatic N) is 3. The van der Waals surface area contributed by atoms with Crippen molar-refractivity contribution in [1.82, 2.24) is 15.3 Å². The lowest BCUT2D eigenvalue weighted by Gasteiger charge is -2.13. The van der Waals surface area contributed by atoms with Crippen LogP contribution in [0.3, 0.4) is 0 Å². The van der Waals surface area contributed by atoms with Crippen LogP contribution in [0.5, 0.6) is 5.88 Å². The van der Waals surface area contributed by atoms with Crippen LogP contribution < -0.4 is 15.0 Å². The van der Waals surface area contributed by atoms with Crippen LogP contribution in [0.2, 0.25) is 0 Å². The summed E-state index contributed by atoms with van der Waals surface area (Å²) in [5.74, 6) is -0.299. The summed E-state index contributed by atoms with van der Waals surface area (Å²) in [6.07, 6.45) is 3.52. The molecular weight excluding hydrogens is 415 g/mol. The molecule has 1 N–H and O–H groups in total. The molecule has 0 spiro atoms. The molecule has 1 aliphatic rings. The maximum Gasteiger partial charge on any atom is 0.414 e. The van der Waals surface area contributed by atoms with Gasteiger partial charge in [0.25, 0.3) is 0 Å². The summed E-state index contributed by atoms with van der Waals surface area (Å²) in [4.78, 5) is 34.4. The van der Waals surface area contributed by atoms with Gasteiger partial charge in [-0.1, -0.05) is 6.07 Å². The van der Waals surface area contributed by atoms with Gasteiger partial charge in [-0.15, -0.1) is 0 Å². The minimum absolute atomic E-state index is 0.128. The molecule has 1 fully saturated rings. The molecule has 0 aliphatic carbocycles. The standard InChI is InChI=1S/C23H21FN4O4/c1-14-3-5-16(11-18(14)24)28-13-17(32-23(28)30)12-26-20(29)7-4-15-9-10-25-19-6-8-21(31-2)27-22(15)19/h3-11,17H,12-13H2,1-2H3,(H,26,29)/b7-4+/t17-/m1/s1. The number of fused-ring (bicyclic) bond motifs is 1. The van der Waals surface area contributed by atoms with Gasteiger partial charge in [0, 0.05) is 23.9 Å². The number of carbonyl (C=O) groups excluding carboxylic acids is 2. The molecule has 1 aromatic carbocycles. The lowest BCUT2D eigenvalue weighted by atomic mass is 10.2. The summed E-state index contributed by atoms with van der Waals surface area (Å²) in [6, 6.07) is 9.81. The molecule has 8 nitrogen and oxygen atoms in total. The highest BCUT2D eigenvalue weighted by molar-refractivity contribution is 5.95. The van der Waals surface area contributed by atoms with Crippen molar-refractivity contribution in [3.05, 3.63) is 65.6 Å². The number of carbonyl (C=O) groups is 2. The Morgan fingerprint density at radius 2 is 2.19 bits per heavy atom. The molecule has 1 atom stereocenters. The van der Waals surface area contributed by atoms with Gasteiger partial charge in [-0.3, -0.25) is 14.7 Å². The molecule has 0 bridgehead atoms. The first-order valence-corrected chi connectivity index (χ1v) is 9.94. The first kappa shape index (κ1) is 21.2. The van der Waals surface area contributed by atoms with Crippen LogP contribution in [0, 0.1) is 12.7 Å². The van der Waals surface area contributed by atoms with Crippen LogP contribution in [0.15, 0.2) is 48.7 Å². The Morgan fingerprint density at radius 1 is 1.34 bits per heavy atom. The average Bonchev–Trinajstić information content (AvgIpc) is 3.18. The average molecular weight is 436 g/mol. The third-order valence-corrected chi connectivity index (χ3v) is 5.06. The van der Waals surface area contributed by atoms with Gasteiger partial charge in [-0.25, -0.2) is 14.2 Å². The molecule has 0 unspecified atom stereocenters. The fourth-order valence-corrected chi connectivity index (χ4v) is 3.30. The smallest absolute Gasteiger partial charge is 0.414 e. The van der Waals surface area contributed by atoms with E-state index in [0.717, 1.165) is 0 Å². The van der Waals surface area contributed by atoms with E-state index in [1.807, 2.05) is 0 Å². The highest BCUT2D eigenvalue weighted by atomic mass is 19.1. The molecule has 1 saturated heterocycles. The molecule has 32 heavy (non-hydrogen) atoms. The number of rotatable bonds is 6. The highest BCUT2D eigenvalue weighted by Crippen LogP contribution is 2.24. The second-order valence-corrected chi connectivity index (χ2v) is 7.25. The van der Waals surface area contributed by atoms with Crippen LogP contribution in [-0.4, -0.2) is 48.3 Å². The van der Waals surface area contributed by atoms with Gasteiger partial charge < -0.3 is 14.8 Å². The third-order valence-electron chi connectivity index (χ3n) is 5.06. The fourth-order valence-electron chi connectivity index (χ4n) is 3.30. The molecule has 3 heterocycles. The maximum absolute atomic E-state index is 13.8. The van der Waals surface area contributed by atoms with Crippen LogP contribution in [0.4, 0.5) is 14.9 Å². The third kappa shape index (κ3) is 4.51. The van der Waals surface area contributed by atoms with Gasteiger partial charge >= 0.3 is 6.09 Å². The van der Waals surface area contributed by atoms with Crippen molar-refractivity contribution in [2.75, 3.05) is 25.1 Å². The van der Waals surface area contributed by atoms with Gasteiger partial charge in [0.2, 0.25) is 11.8 Å². The van der Waals surface area contributed by atoms with E-state index >= 15 is 0 Å². The molecule has 0 saturated carbocycles. The molecule has 0 radical (unpaired) electrons. The van der Waals surface area contributed by atoms with Crippen molar-refractivity contribution >= 4 is 34.8 Å². The Morgan fingerprint density at radius 3 is 2.97 bits per heavy atom. The molecule has 2 amide bonds. The Labute approximate surface area is 183 Å². The molecule has 164 valence electrons. The minimum Gasteiger partial charge on any atom is -0.481 e. The zero-order valence-electron chi connectivity index (χ0n) is 17.5. The lowest BCUT2D eigenvalue weighted by molar-refractivity contribution is -0.116. The number of nitrogens with one attached hydrogen (secondary N) is 1. The summed E-state index contributed by atoms with van der Waals surface area (Å²) in [5.41, 5.74) is 2.91.